The van der Waals surface area contributed by atoms with Crippen LogP contribution in [0.4, 0.5) is 4.39 Å². The van der Waals surface area contributed by atoms with E-state index in [2.05, 4.69) is 16.5 Å². The highest BCUT2D eigenvalue weighted by Gasteiger charge is 2.32. The van der Waals surface area contributed by atoms with Crippen LogP contribution in [0.1, 0.15) is 26.2 Å². The van der Waals surface area contributed by atoms with Crippen molar-refractivity contribution in [3.63, 3.8) is 0 Å². The van der Waals surface area contributed by atoms with Gasteiger partial charge in [-0.3, -0.25) is 5.48 Å². The van der Waals surface area contributed by atoms with E-state index < -0.39 is 5.72 Å². The van der Waals surface area contributed by atoms with Gasteiger partial charge in [-0.25, -0.2) is 14.2 Å². The van der Waals surface area contributed by atoms with Gasteiger partial charge in [-0.1, -0.05) is 30.4 Å². The van der Waals surface area contributed by atoms with Gasteiger partial charge < -0.3 is 0 Å². The Kier molecular flexibility index (Phi) is 3.11. The Balaban J connectivity index is 1.76. The van der Waals surface area contributed by atoms with Gasteiger partial charge in [0.1, 0.15) is 12.2 Å². The van der Waals surface area contributed by atoms with Gasteiger partial charge in [0.25, 0.3) is 0 Å². The molecule has 0 aromatic rings. The maximum Gasteiger partial charge on any atom is 0.209 e. The van der Waals surface area contributed by atoms with Gasteiger partial charge >= 0.3 is 0 Å². The number of hydroxylamine groups is 1. The van der Waals surface area contributed by atoms with E-state index in [0.717, 1.165) is 24.0 Å². The minimum Gasteiger partial charge on any atom is -0.253 e. The molecule has 0 spiro atoms. The molecule has 0 fully saturated rings. The third-order valence-electron chi connectivity index (χ3n) is 3.80. The zero-order valence-electron chi connectivity index (χ0n) is 10.9. The van der Waals surface area contributed by atoms with E-state index in [1.807, 2.05) is 31.2 Å². The van der Waals surface area contributed by atoms with Crippen molar-refractivity contribution in [3.05, 3.63) is 47.4 Å². The van der Waals surface area contributed by atoms with E-state index >= 15 is 0 Å². The molecular weight excluding hydrogens is 243 g/mol. The van der Waals surface area contributed by atoms with Crippen LogP contribution in [0.3, 0.4) is 0 Å². The first kappa shape index (κ1) is 12.4. The largest absolute Gasteiger partial charge is 0.253 e. The molecule has 0 radical (unpaired) electrons. The molecule has 2 aliphatic carbocycles. The molecule has 3 nitrogen and oxygen atoms in total. The second-order valence-corrected chi connectivity index (χ2v) is 5.12. The molecule has 0 saturated carbocycles. The summed E-state index contributed by atoms with van der Waals surface area (Å²) in [4.78, 5) is 9.66. The van der Waals surface area contributed by atoms with Crippen LogP contribution in [0.15, 0.2) is 52.3 Å². The Morgan fingerprint density at radius 1 is 1.47 bits per heavy atom. The maximum absolute atomic E-state index is 13.8. The lowest BCUT2D eigenvalue weighted by atomic mass is 9.85. The molecule has 1 N–H and O–H groups in total. The number of halogens is 1. The molecule has 2 atom stereocenters. The summed E-state index contributed by atoms with van der Waals surface area (Å²) in [5.41, 5.74) is 3.81. The first-order valence-electron chi connectivity index (χ1n) is 6.60. The quantitative estimate of drug-likeness (QED) is 0.826. The summed E-state index contributed by atoms with van der Waals surface area (Å²) < 4.78 is 13.8. The fraction of sp³-hybridized carbons (Fsp3) is 0.400. The first-order valence-corrected chi connectivity index (χ1v) is 6.60. The van der Waals surface area contributed by atoms with Gasteiger partial charge in [0.2, 0.25) is 5.72 Å². The fourth-order valence-electron chi connectivity index (χ4n) is 2.63. The van der Waals surface area contributed by atoms with Crippen LogP contribution in [0.25, 0.3) is 0 Å². The van der Waals surface area contributed by atoms with E-state index in [0.29, 0.717) is 6.42 Å². The van der Waals surface area contributed by atoms with E-state index in [9.17, 15) is 4.39 Å². The minimum absolute atomic E-state index is 0.0250. The molecule has 100 valence electrons. The second-order valence-electron chi connectivity index (χ2n) is 5.12. The number of allylic oxidation sites excluding steroid dienone is 6. The van der Waals surface area contributed by atoms with Crippen LogP contribution in [-0.2, 0) is 4.84 Å². The summed E-state index contributed by atoms with van der Waals surface area (Å²) in [6, 6.07) is 0. The highest BCUT2D eigenvalue weighted by molar-refractivity contribution is 5.57. The predicted octanol–water partition coefficient (Wildman–Crippen LogP) is 3.34. The van der Waals surface area contributed by atoms with Crippen molar-refractivity contribution < 1.29 is 9.23 Å². The minimum atomic E-state index is -0.656. The highest BCUT2D eigenvalue weighted by atomic mass is 19.1. The fourth-order valence-corrected chi connectivity index (χ4v) is 2.63. The van der Waals surface area contributed by atoms with Crippen molar-refractivity contribution >= 4 is 6.34 Å². The van der Waals surface area contributed by atoms with Gasteiger partial charge in [-0.15, -0.1) is 0 Å². The molecule has 1 heterocycles. The third-order valence-corrected chi connectivity index (χ3v) is 3.80. The average molecular weight is 260 g/mol. The molecule has 0 aromatic carbocycles. The number of nitrogens with one attached hydrogen (secondary N) is 1. The van der Waals surface area contributed by atoms with Crippen LogP contribution < -0.4 is 5.48 Å². The standard InChI is InChI=1S/C15H17FN2O/c1-15(17-10-18-19-15)12-8-6-11(7-9-12)13-4-2-3-5-14(13)16/h2,4,6,8-11H,3,5,7H2,1H3,(H,17,18). The molecule has 19 heavy (non-hydrogen) atoms. The predicted molar refractivity (Wildman–Crippen MR) is 73.0 cm³/mol. The summed E-state index contributed by atoms with van der Waals surface area (Å²) in [5.74, 6) is 0.152. The molecule has 2 unspecified atom stereocenters. The summed E-state index contributed by atoms with van der Waals surface area (Å²) in [7, 11) is 0. The van der Waals surface area contributed by atoms with Crippen LogP contribution in [0.2, 0.25) is 0 Å². The summed E-state index contributed by atoms with van der Waals surface area (Å²) >= 11 is 0. The Labute approximate surface area is 112 Å². The van der Waals surface area contributed by atoms with Crippen molar-refractivity contribution in [3.8, 4) is 0 Å². The monoisotopic (exact) mass is 260 g/mol. The number of rotatable bonds is 2. The lowest BCUT2D eigenvalue weighted by molar-refractivity contribution is -0.0113. The van der Waals surface area contributed by atoms with Gasteiger partial charge in [-0.2, -0.15) is 0 Å². The van der Waals surface area contributed by atoms with Crippen LogP contribution >= 0.6 is 0 Å². The number of hydrogen-bond donors (Lipinski definition) is 1. The Hall–Kier alpha value is -1.68. The zero-order valence-corrected chi connectivity index (χ0v) is 10.9. The molecule has 0 amide bonds. The third kappa shape index (κ3) is 2.28. The van der Waals surface area contributed by atoms with Crippen molar-refractivity contribution in [1.29, 1.82) is 0 Å². The van der Waals surface area contributed by atoms with Gasteiger partial charge in [0, 0.05) is 17.9 Å². The van der Waals surface area contributed by atoms with E-state index in [1.54, 1.807) is 6.34 Å². The normalized spacial score (nSPS) is 33.6. The van der Waals surface area contributed by atoms with Gasteiger partial charge in [0.05, 0.1) is 0 Å². The SMILES string of the molecule is CC1(C2=CCC(C3=C(F)CCC=C3)C=C2)N=CNO1. The lowest BCUT2D eigenvalue weighted by Gasteiger charge is -2.25. The smallest absolute Gasteiger partial charge is 0.209 e. The number of nitrogens with zero attached hydrogens (tertiary/aromatic N) is 1. The van der Waals surface area contributed by atoms with Gasteiger partial charge in [-0.05, 0) is 25.3 Å². The Morgan fingerprint density at radius 2 is 2.37 bits per heavy atom. The molecule has 0 bridgehead atoms. The molecule has 0 saturated heterocycles. The van der Waals surface area contributed by atoms with E-state index in [-0.39, 0.29) is 11.7 Å². The molecule has 3 rings (SSSR count). The Bertz CT molecular complexity index is 530. The van der Waals surface area contributed by atoms with Crippen molar-refractivity contribution in [1.82, 2.24) is 5.48 Å². The highest BCUT2D eigenvalue weighted by Crippen LogP contribution is 2.35. The lowest BCUT2D eigenvalue weighted by Crippen LogP contribution is -2.28. The summed E-state index contributed by atoms with van der Waals surface area (Å²) in [6.45, 7) is 1.90. The van der Waals surface area contributed by atoms with Crippen molar-refractivity contribution in [2.45, 2.75) is 31.9 Å². The average Bonchev–Trinajstić information content (AvgIpc) is 2.88. The zero-order chi connectivity index (χ0) is 13.3. The van der Waals surface area contributed by atoms with Crippen LogP contribution in [0, 0.1) is 5.92 Å². The summed E-state index contributed by atoms with van der Waals surface area (Å²) in [6.07, 6.45) is 13.7. The first-order chi connectivity index (χ1) is 9.19. The molecule has 0 aromatic heterocycles. The van der Waals surface area contributed by atoms with Crippen LogP contribution in [0.5, 0.6) is 0 Å². The molecule has 4 heteroatoms. The number of hydrogen-bond acceptors (Lipinski definition) is 3. The number of aliphatic imine (C=N–C) groups is 1. The Morgan fingerprint density at radius 3 is 3.00 bits per heavy atom. The second kappa shape index (κ2) is 4.78. The van der Waals surface area contributed by atoms with Crippen molar-refractivity contribution in [2.75, 3.05) is 0 Å². The van der Waals surface area contributed by atoms with Crippen LogP contribution in [-0.4, -0.2) is 12.1 Å². The molecule has 3 aliphatic rings. The maximum atomic E-state index is 13.8. The van der Waals surface area contributed by atoms with Gasteiger partial charge in [0.15, 0.2) is 0 Å². The van der Waals surface area contributed by atoms with Crippen molar-refractivity contribution in [2.24, 2.45) is 10.9 Å². The molecular formula is C15H17FN2O. The topological polar surface area (TPSA) is 33.6 Å². The van der Waals surface area contributed by atoms with E-state index in [4.69, 9.17) is 4.84 Å². The summed E-state index contributed by atoms with van der Waals surface area (Å²) in [5, 5.41) is 0. The molecule has 1 aliphatic heterocycles. The van der Waals surface area contributed by atoms with E-state index in [1.165, 1.54) is 0 Å².